The molecule has 0 N–H and O–H groups in total. The molecule has 1 aromatic heterocycles. The van der Waals surface area contributed by atoms with E-state index in [0.29, 0.717) is 6.61 Å². The normalized spacial score (nSPS) is 10.7. The molecule has 0 spiro atoms. The van der Waals surface area contributed by atoms with Crippen molar-refractivity contribution in [2.45, 2.75) is 20.0 Å². The summed E-state index contributed by atoms with van der Waals surface area (Å²) in [5.74, 6) is 0.518. The average Bonchev–Trinajstić information content (AvgIpc) is 2.98. The van der Waals surface area contributed by atoms with Crippen LogP contribution >= 0.6 is 11.3 Å². The maximum absolute atomic E-state index is 11.8. The molecule has 23 heavy (non-hydrogen) atoms. The number of carbonyl (C=O) groups is 1. The van der Waals surface area contributed by atoms with Crippen molar-refractivity contribution < 1.29 is 14.3 Å². The number of esters is 1. The summed E-state index contributed by atoms with van der Waals surface area (Å²) in [6, 6.07) is 15.6. The summed E-state index contributed by atoms with van der Waals surface area (Å²) in [7, 11) is 0. The minimum absolute atomic E-state index is 0.211. The number of para-hydroxylation sites is 2. The van der Waals surface area contributed by atoms with Crippen molar-refractivity contribution in [3.8, 4) is 5.75 Å². The monoisotopic (exact) mass is 327 g/mol. The molecule has 3 aromatic rings. The molecule has 0 fully saturated rings. The molecule has 118 valence electrons. The van der Waals surface area contributed by atoms with Crippen molar-refractivity contribution in [3.05, 3.63) is 59.1 Å². The van der Waals surface area contributed by atoms with E-state index >= 15 is 0 Å². The molecule has 0 radical (unpaired) electrons. The van der Waals surface area contributed by atoms with E-state index in [4.69, 9.17) is 9.47 Å². The standard InChI is InChI=1S/C18H17NO3S/c1-13-6-2-4-8-15(13)21-11-10-18(20)22-12-17-19-14-7-3-5-9-16(14)23-17/h2-9H,10-12H2,1H3. The number of nitrogens with zero attached hydrogens (tertiary/aromatic N) is 1. The van der Waals surface area contributed by atoms with Crippen LogP contribution in [0.1, 0.15) is 17.0 Å². The topological polar surface area (TPSA) is 48.4 Å². The number of carbonyl (C=O) groups excluding carboxylic acids is 1. The van der Waals surface area contributed by atoms with Gasteiger partial charge in [-0.3, -0.25) is 4.79 Å². The Morgan fingerprint density at radius 2 is 1.91 bits per heavy atom. The lowest BCUT2D eigenvalue weighted by atomic mass is 10.2. The van der Waals surface area contributed by atoms with Gasteiger partial charge in [0, 0.05) is 0 Å². The van der Waals surface area contributed by atoms with Gasteiger partial charge in [0.05, 0.1) is 23.2 Å². The molecule has 2 aromatic carbocycles. The number of rotatable bonds is 6. The van der Waals surface area contributed by atoms with Crippen LogP contribution in [0.25, 0.3) is 10.2 Å². The van der Waals surface area contributed by atoms with Crippen LogP contribution in [0.5, 0.6) is 5.75 Å². The lowest BCUT2D eigenvalue weighted by molar-refractivity contribution is -0.145. The van der Waals surface area contributed by atoms with Gasteiger partial charge < -0.3 is 9.47 Å². The van der Waals surface area contributed by atoms with E-state index in [2.05, 4.69) is 4.98 Å². The Balaban J connectivity index is 1.45. The van der Waals surface area contributed by atoms with E-state index in [1.165, 1.54) is 0 Å². The van der Waals surface area contributed by atoms with Crippen molar-refractivity contribution in [2.75, 3.05) is 6.61 Å². The number of thiazole rings is 1. The number of aromatic nitrogens is 1. The maximum atomic E-state index is 11.8. The van der Waals surface area contributed by atoms with Gasteiger partial charge in [-0.2, -0.15) is 0 Å². The molecule has 0 aliphatic heterocycles. The zero-order valence-electron chi connectivity index (χ0n) is 12.8. The fourth-order valence-corrected chi connectivity index (χ4v) is 3.04. The zero-order chi connectivity index (χ0) is 16.1. The fourth-order valence-electron chi connectivity index (χ4n) is 2.16. The fraction of sp³-hybridized carbons (Fsp3) is 0.222. The van der Waals surface area contributed by atoms with E-state index < -0.39 is 0 Å². The first kappa shape index (κ1) is 15.5. The lowest BCUT2D eigenvalue weighted by Gasteiger charge is -2.08. The number of aryl methyl sites for hydroxylation is 1. The molecule has 0 saturated heterocycles. The summed E-state index contributed by atoms with van der Waals surface area (Å²) >= 11 is 1.54. The molecule has 0 saturated carbocycles. The summed E-state index contributed by atoms with van der Waals surface area (Å²) < 4.78 is 11.9. The van der Waals surface area contributed by atoms with Gasteiger partial charge in [0.2, 0.25) is 0 Å². The van der Waals surface area contributed by atoms with E-state index in [0.717, 1.165) is 26.5 Å². The average molecular weight is 327 g/mol. The van der Waals surface area contributed by atoms with Crippen LogP contribution in [0.3, 0.4) is 0 Å². The first-order valence-corrected chi connectivity index (χ1v) is 8.22. The number of hydrogen-bond acceptors (Lipinski definition) is 5. The van der Waals surface area contributed by atoms with E-state index in [9.17, 15) is 4.79 Å². The summed E-state index contributed by atoms with van der Waals surface area (Å²) in [4.78, 5) is 16.2. The Labute approximate surface area is 138 Å². The van der Waals surface area contributed by atoms with Crippen LogP contribution in [0.15, 0.2) is 48.5 Å². The second-order valence-electron chi connectivity index (χ2n) is 5.10. The third-order valence-corrected chi connectivity index (χ3v) is 4.36. The maximum Gasteiger partial charge on any atom is 0.309 e. The Bertz CT molecular complexity index is 780. The van der Waals surface area contributed by atoms with E-state index in [-0.39, 0.29) is 19.0 Å². The third-order valence-electron chi connectivity index (χ3n) is 3.35. The van der Waals surface area contributed by atoms with Crippen LogP contribution in [-0.4, -0.2) is 17.6 Å². The zero-order valence-corrected chi connectivity index (χ0v) is 13.6. The highest BCUT2D eigenvalue weighted by Crippen LogP contribution is 2.22. The number of benzene rings is 2. The van der Waals surface area contributed by atoms with Crippen molar-refractivity contribution in [2.24, 2.45) is 0 Å². The predicted molar refractivity (Wildman–Crippen MR) is 90.7 cm³/mol. The Hall–Kier alpha value is -2.40. The van der Waals surface area contributed by atoms with Crippen LogP contribution in [0, 0.1) is 6.92 Å². The molecule has 0 atom stereocenters. The molecule has 0 amide bonds. The molecule has 1 heterocycles. The van der Waals surface area contributed by atoms with Gasteiger partial charge in [-0.1, -0.05) is 30.3 Å². The van der Waals surface area contributed by atoms with Crippen molar-refractivity contribution in [1.29, 1.82) is 0 Å². The van der Waals surface area contributed by atoms with Crippen LogP contribution < -0.4 is 4.74 Å². The smallest absolute Gasteiger partial charge is 0.309 e. The minimum atomic E-state index is -0.280. The predicted octanol–water partition coefficient (Wildman–Crippen LogP) is 4.12. The second kappa shape index (κ2) is 7.24. The molecular formula is C18H17NO3S. The van der Waals surface area contributed by atoms with Crippen molar-refractivity contribution >= 4 is 27.5 Å². The van der Waals surface area contributed by atoms with Gasteiger partial charge in [-0.05, 0) is 30.7 Å². The molecule has 5 heteroatoms. The van der Waals surface area contributed by atoms with E-state index in [1.807, 2.05) is 55.5 Å². The molecule has 4 nitrogen and oxygen atoms in total. The summed E-state index contributed by atoms with van der Waals surface area (Å²) in [6.45, 7) is 2.49. The minimum Gasteiger partial charge on any atom is -0.493 e. The largest absolute Gasteiger partial charge is 0.493 e. The molecule has 0 bridgehead atoms. The van der Waals surface area contributed by atoms with Crippen LogP contribution in [0.2, 0.25) is 0 Å². The Morgan fingerprint density at radius 1 is 1.13 bits per heavy atom. The third kappa shape index (κ3) is 4.07. The van der Waals surface area contributed by atoms with Gasteiger partial charge >= 0.3 is 5.97 Å². The molecule has 3 rings (SSSR count). The van der Waals surface area contributed by atoms with Crippen molar-refractivity contribution in [1.82, 2.24) is 4.98 Å². The van der Waals surface area contributed by atoms with Gasteiger partial charge in [0.1, 0.15) is 17.4 Å². The number of fused-ring (bicyclic) bond motifs is 1. The van der Waals surface area contributed by atoms with Gasteiger partial charge in [0.15, 0.2) is 0 Å². The quantitative estimate of drug-likeness (QED) is 0.639. The second-order valence-corrected chi connectivity index (χ2v) is 6.22. The van der Waals surface area contributed by atoms with Crippen molar-refractivity contribution in [3.63, 3.8) is 0 Å². The highest BCUT2D eigenvalue weighted by Gasteiger charge is 2.08. The summed E-state index contributed by atoms with van der Waals surface area (Å²) in [6.07, 6.45) is 0.221. The summed E-state index contributed by atoms with van der Waals surface area (Å²) in [5, 5.41) is 0.805. The van der Waals surface area contributed by atoms with Crippen LogP contribution in [-0.2, 0) is 16.1 Å². The first-order chi connectivity index (χ1) is 11.2. The number of hydrogen-bond donors (Lipinski definition) is 0. The summed E-state index contributed by atoms with van der Waals surface area (Å²) in [5.41, 5.74) is 1.99. The first-order valence-electron chi connectivity index (χ1n) is 7.41. The van der Waals surface area contributed by atoms with Gasteiger partial charge in [-0.25, -0.2) is 4.98 Å². The highest BCUT2D eigenvalue weighted by atomic mass is 32.1. The number of ether oxygens (including phenoxy) is 2. The molecule has 0 unspecified atom stereocenters. The van der Waals surface area contributed by atoms with E-state index in [1.54, 1.807) is 11.3 Å². The van der Waals surface area contributed by atoms with Crippen LogP contribution in [0.4, 0.5) is 0 Å². The van der Waals surface area contributed by atoms with Gasteiger partial charge in [0.25, 0.3) is 0 Å². The molecule has 0 aliphatic carbocycles. The lowest BCUT2D eigenvalue weighted by Crippen LogP contribution is -2.10. The van der Waals surface area contributed by atoms with Gasteiger partial charge in [-0.15, -0.1) is 11.3 Å². The molecule has 0 aliphatic rings. The highest BCUT2D eigenvalue weighted by molar-refractivity contribution is 7.18. The molecular weight excluding hydrogens is 310 g/mol. The Morgan fingerprint density at radius 3 is 2.74 bits per heavy atom. The SMILES string of the molecule is Cc1ccccc1OCCC(=O)OCc1nc2ccccc2s1. The Kier molecular flexibility index (Phi) is 4.88.